The maximum Gasteiger partial charge on any atom is 0.143 e. The van der Waals surface area contributed by atoms with Crippen molar-refractivity contribution in [3.63, 3.8) is 0 Å². The number of rotatable bonds is 4. The largest absolute Gasteiger partial charge is 0.455 e. The number of anilines is 3. The monoisotopic (exact) mass is 899 g/mol. The van der Waals surface area contributed by atoms with Gasteiger partial charge in [-0.05, 0) is 171 Å². The number of fused-ring (bicyclic) bond motifs is 20. The fourth-order valence-corrected chi connectivity index (χ4v) is 16.3. The first-order valence-corrected chi connectivity index (χ1v) is 25.9. The highest BCUT2D eigenvalue weighted by molar-refractivity contribution is 6.09. The molecule has 2 spiro atoms. The van der Waals surface area contributed by atoms with E-state index < -0.39 is 5.41 Å². The Morgan fingerprint density at radius 1 is 0.414 bits per heavy atom. The van der Waals surface area contributed by atoms with Crippen molar-refractivity contribution in [3.8, 4) is 33.4 Å². The van der Waals surface area contributed by atoms with E-state index in [0.29, 0.717) is 5.92 Å². The van der Waals surface area contributed by atoms with Gasteiger partial charge in [0.05, 0.1) is 5.41 Å². The average molecular weight is 900 g/mol. The lowest BCUT2D eigenvalue weighted by Crippen LogP contribution is -2.51. The van der Waals surface area contributed by atoms with Gasteiger partial charge in [-0.3, -0.25) is 0 Å². The first-order valence-electron chi connectivity index (χ1n) is 25.9. The first-order chi connectivity index (χ1) is 34.4. The van der Waals surface area contributed by atoms with Crippen LogP contribution in [0.5, 0.6) is 0 Å². The zero-order valence-corrected chi connectivity index (χ0v) is 39.8. The van der Waals surface area contributed by atoms with E-state index in [9.17, 15) is 0 Å². The topological polar surface area (TPSA) is 16.4 Å². The molecule has 9 aromatic carbocycles. The Bertz CT molecular complexity index is 3820. The van der Waals surface area contributed by atoms with Crippen molar-refractivity contribution in [1.29, 1.82) is 0 Å². The lowest BCUT2D eigenvalue weighted by Gasteiger charge is -2.57. The van der Waals surface area contributed by atoms with E-state index in [-0.39, 0.29) is 10.8 Å². The number of nitrogens with zero attached hydrogens (tertiary/aromatic N) is 1. The van der Waals surface area contributed by atoms with Crippen LogP contribution in [0.4, 0.5) is 17.1 Å². The van der Waals surface area contributed by atoms with E-state index in [0.717, 1.165) is 56.5 Å². The summed E-state index contributed by atoms with van der Waals surface area (Å²) >= 11 is 0. The molecule has 10 aromatic rings. The van der Waals surface area contributed by atoms with Crippen LogP contribution in [0.1, 0.15) is 90.5 Å². The lowest BCUT2D eigenvalue weighted by molar-refractivity contribution is 0.0990. The van der Waals surface area contributed by atoms with Gasteiger partial charge in [0.2, 0.25) is 0 Å². The molecule has 6 aliphatic rings. The highest BCUT2D eigenvalue weighted by Crippen LogP contribution is 2.70. The van der Waals surface area contributed by atoms with E-state index in [2.05, 4.69) is 219 Å². The normalized spacial score (nSPS) is 23.0. The third kappa shape index (κ3) is 4.94. The number of benzene rings is 9. The SMILES string of the molecule is CC1(C)c2ccccc2-c2ccc(N(c3cccc(-c4cccc5c4oc4ccccc45)c3)c3ccc4c(c3)C3(c5ccccc5-c5ccccc53)c3ccccc3C43CC4C[C@H]5C[C@@H]4C[C@H]3C5)cc21. The van der Waals surface area contributed by atoms with Gasteiger partial charge in [-0.15, -0.1) is 0 Å². The number of hydrogen-bond acceptors (Lipinski definition) is 2. The highest BCUT2D eigenvalue weighted by Gasteiger charge is 2.62. The summed E-state index contributed by atoms with van der Waals surface area (Å²) in [5, 5.41) is 2.29. The zero-order chi connectivity index (χ0) is 46.1. The van der Waals surface area contributed by atoms with Crippen LogP contribution in [-0.2, 0) is 16.2 Å². The summed E-state index contributed by atoms with van der Waals surface area (Å²) in [5.74, 6) is 3.13. The van der Waals surface area contributed by atoms with Crippen LogP contribution in [-0.4, -0.2) is 0 Å². The van der Waals surface area contributed by atoms with Crippen LogP contribution in [0.15, 0.2) is 205 Å². The molecule has 0 N–H and O–H groups in total. The van der Waals surface area contributed by atoms with Gasteiger partial charge in [0.15, 0.2) is 0 Å². The predicted molar refractivity (Wildman–Crippen MR) is 287 cm³/mol. The molecule has 2 unspecified atom stereocenters. The van der Waals surface area contributed by atoms with E-state index in [1.165, 1.54) is 99.1 Å². The molecule has 0 radical (unpaired) electrons. The molecule has 2 nitrogen and oxygen atoms in total. The Morgan fingerprint density at radius 2 is 0.986 bits per heavy atom. The van der Waals surface area contributed by atoms with E-state index >= 15 is 0 Å². The molecule has 2 heteroatoms. The Balaban J connectivity index is 0.977. The van der Waals surface area contributed by atoms with Crippen molar-refractivity contribution >= 4 is 39.0 Å². The molecule has 6 aliphatic carbocycles. The van der Waals surface area contributed by atoms with Gasteiger partial charge in [0, 0.05) is 44.2 Å². The van der Waals surface area contributed by atoms with Crippen molar-refractivity contribution in [1.82, 2.24) is 0 Å². The van der Waals surface area contributed by atoms with Crippen molar-refractivity contribution in [3.05, 3.63) is 245 Å². The Kier molecular flexibility index (Phi) is 7.82. The summed E-state index contributed by atoms with van der Waals surface area (Å²) in [7, 11) is 0. The molecular formula is C68H53NO. The molecule has 5 atom stereocenters. The van der Waals surface area contributed by atoms with Crippen molar-refractivity contribution in [2.75, 3.05) is 4.90 Å². The maximum absolute atomic E-state index is 6.69. The summed E-state index contributed by atoms with van der Waals surface area (Å²) in [5.41, 5.74) is 23.9. The number of para-hydroxylation sites is 2. The number of furan rings is 1. The molecule has 3 saturated carbocycles. The second-order valence-electron chi connectivity index (χ2n) is 22.4. The minimum atomic E-state index is -0.485. The van der Waals surface area contributed by atoms with Gasteiger partial charge in [0.1, 0.15) is 11.2 Å². The zero-order valence-electron chi connectivity index (χ0n) is 39.8. The average Bonchev–Trinajstić information content (AvgIpc) is 4.07. The summed E-state index contributed by atoms with van der Waals surface area (Å²) in [4.78, 5) is 2.57. The quantitative estimate of drug-likeness (QED) is 0.175. The molecular weight excluding hydrogens is 847 g/mol. The van der Waals surface area contributed by atoms with Gasteiger partial charge in [-0.1, -0.05) is 172 Å². The summed E-state index contributed by atoms with van der Waals surface area (Å²) < 4.78 is 6.69. The third-order valence-corrected chi connectivity index (χ3v) is 19.0. The van der Waals surface area contributed by atoms with Crippen LogP contribution in [0.3, 0.4) is 0 Å². The van der Waals surface area contributed by atoms with E-state index in [4.69, 9.17) is 4.42 Å². The Morgan fingerprint density at radius 3 is 1.79 bits per heavy atom. The fourth-order valence-electron chi connectivity index (χ4n) is 16.3. The van der Waals surface area contributed by atoms with Gasteiger partial charge in [0.25, 0.3) is 0 Å². The summed E-state index contributed by atoms with van der Waals surface area (Å²) in [6, 6.07) is 76.9. The Hall–Kier alpha value is -7.42. The van der Waals surface area contributed by atoms with E-state index in [1.807, 2.05) is 0 Å². The van der Waals surface area contributed by atoms with Crippen molar-refractivity contribution in [2.45, 2.75) is 62.2 Å². The molecule has 3 fully saturated rings. The molecule has 0 saturated heterocycles. The molecule has 336 valence electrons. The fraction of sp³-hybridized carbons (Fsp3) is 0.206. The van der Waals surface area contributed by atoms with Crippen LogP contribution in [0.2, 0.25) is 0 Å². The second-order valence-corrected chi connectivity index (χ2v) is 22.4. The first kappa shape index (κ1) is 39.4. The highest BCUT2D eigenvalue weighted by atomic mass is 16.3. The molecule has 1 aromatic heterocycles. The van der Waals surface area contributed by atoms with Crippen molar-refractivity contribution in [2.24, 2.45) is 23.7 Å². The standard InChI is InChI=1S/C68H53NO/c1-66(2)56-23-7-3-17-50(56)53-31-29-47(38-62(53)66)69(46-16-13-15-42(37-46)49-21-14-22-55-54-20-6-12-28-64(54)70-65(49)55)48-30-32-60-63(39-48)68(57-24-8-4-18-51(57)52-19-5-9-25-58(52)68)61-27-11-10-26-59(61)67(60)40-44-34-41-33-43(44)36-45(67)35-41/h3-32,37-39,41,43-45H,33-36,40H2,1-2H3/t41-,43-,44?,45-,67?/m1/s1. The molecule has 0 amide bonds. The van der Waals surface area contributed by atoms with Crippen molar-refractivity contribution < 1.29 is 4.42 Å². The van der Waals surface area contributed by atoms with Gasteiger partial charge >= 0.3 is 0 Å². The molecule has 1 heterocycles. The third-order valence-electron chi connectivity index (χ3n) is 19.0. The van der Waals surface area contributed by atoms with Crippen LogP contribution in [0, 0.1) is 23.7 Å². The van der Waals surface area contributed by atoms with Crippen LogP contribution in [0.25, 0.3) is 55.3 Å². The maximum atomic E-state index is 6.69. The predicted octanol–water partition coefficient (Wildman–Crippen LogP) is 17.4. The smallest absolute Gasteiger partial charge is 0.143 e. The molecule has 0 aliphatic heterocycles. The lowest BCUT2D eigenvalue weighted by atomic mass is 9.46. The minimum absolute atomic E-state index is 0.0437. The van der Waals surface area contributed by atoms with E-state index in [1.54, 1.807) is 11.1 Å². The number of hydrogen-bond donors (Lipinski definition) is 0. The van der Waals surface area contributed by atoms with Gasteiger partial charge in [-0.2, -0.15) is 0 Å². The molecule has 70 heavy (non-hydrogen) atoms. The summed E-state index contributed by atoms with van der Waals surface area (Å²) in [6.45, 7) is 4.80. The van der Waals surface area contributed by atoms with Gasteiger partial charge < -0.3 is 9.32 Å². The molecule has 3 bridgehead atoms. The summed E-state index contributed by atoms with van der Waals surface area (Å²) in [6.07, 6.45) is 6.78. The van der Waals surface area contributed by atoms with Gasteiger partial charge in [-0.25, -0.2) is 0 Å². The Labute approximate surface area is 410 Å². The molecule has 16 rings (SSSR count). The second kappa shape index (κ2) is 13.9. The van der Waals surface area contributed by atoms with Crippen LogP contribution < -0.4 is 4.90 Å². The van der Waals surface area contributed by atoms with Crippen LogP contribution >= 0.6 is 0 Å². The minimum Gasteiger partial charge on any atom is -0.455 e.